The Labute approximate surface area is 90.3 Å². The number of nitrogens with zero attached hydrogens (tertiary/aromatic N) is 2. The van der Waals surface area contributed by atoms with Gasteiger partial charge in [0, 0.05) is 5.02 Å². The minimum Gasteiger partial charge on any atom is -0.464 e. The number of halogens is 1. The molecule has 0 bridgehead atoms. The summed E-state index contributed by atoms with van der Waals surface area (Å²) >= 11 is 7.13. The van der Waals surface area contributed by atoms with E-state index >= 15 is 0 Å². The number of ether oxygens (including phenoxy) is 1. The van der Waals surface area contributed by atoms with Gasteiger partial charge in [-0.15, -0.1) is 10.2 Å². The van der Waals surface area contributed by atoms with Crippen molar-refractivity contribution >= 4 is 22.9 Å². The molecule has 2 rings (SSSR count). The van der Waals surface area contributed by atoms with E-state index in [-0.39, 0.29) is 0 Å². The van der Waals surface area contributed by atoms with E-state index in [0.29, 0.717) is 11.8 Å². The van der Waals surface area contributed by atoms with E-state index < -0.39 is 0 Å². The molecule has 0 fully saturated rings. The van der Waals surface area contributed by atoms with Gasteiger partial charge in [0.2, 0.25) is 0 Å². The summed E-state index contributed by atoms with van der Waals surface area (Å²) in [5.74, 6) is 0. The predicted molar refractivity (Wildman–Crippen MR) is 55.7 cm³/mol. The molecule has 2 aromatic rings. The van der Waals surface area contributed by atoms with Crippen LogP contribution in [0.2, 0.25) is 5.02 Å². The maximum absolute atomic E-state index is 5.75. The van der Waals surface area contributed by atoms with E-state index in [1.54, 1.807) is 5.51 Å². The van der Waals surface area contributed by atoms with Gasteiger partial charge in [0.15, 0.2) is 0 Å². The Kier molecular flexibility index (Phi) is 2.96. The molecule has 14 heavy (non-hydrogen) atoms. The van der Waals surface area contributed by atoms with Gasteiger partial charge in [-0.25, -0.2) is 0 Å². The molecule has 0 spiro atoms. The lowest BCUT2D eigenvalue weighted by molar-refractivity contribution is 0.302. The van der Waals surface area contributed by atoms with Crippen LogP contribution >= 0.6 is 22.9 Å². The van der Waals surface area contributed by atoms with Crippen molar-refractivity contribution in [1.29, 1.82) is 0 Å². The highest BCUT2D eigenvalue weighted by molar-refractivity contribution is 7.11. The Morgan fingerprint density at radius 1 is 1.29 bits per heavy atom. The fourth-order valence-corrected chi connectivity index (χ4v) is 1.48. The quantitative estimate of drug-likeness (QED) is 0.807. The second kappa shape index (κ2) is 4.39. The highest BCUT2D eigenvalue weighted by Crippen LogP contribution is 2.15. The highest BCUT2D eigenvalue weighted by atomic mass is 35.5. The van der Waals surface area contributed by atoms with Crippen LogP contribution in [0.4, 0.5) is 0 Å². The largest absolute Gasteiger partial charge is 0.464 e. The summed E-state index contributed by atoms with van der Waals surface area (Å²) in [6, 6.07) is 7.51. The zero-order chi connectivity index (χ0) is 9.80. The molecule has 0 aliphatic rings. The van der Waals surface area contributed by atoms with Gasteiger partial charge in [0.25, 0.3) is 5.19 Å². The molecule has 72 valence electrons. The minimum atomic E-state index is 0.492. The summed E-state index contributed by atoms with van der Waals surface area (Å²) in [5, 5.41) is 8.75. The number of aromatic nitrogens is 2. The van der Waals surface area contributed by atoms with E-state index in [9.17, 15) is 0 Å². The van der Waals surface area contributed by atoms with Crippen LogP contribution in [0.3, 0.4) is 0 Å². The van der Waals surface area contributed by atoms with Crippen LogP contribution in [0.1, 0.15) is 5.56 Å². The van der Waals surface area contributed by atoms with Crippen molar-refractivity contribution in [2.75, 3.05) is 0 Å². The van der Waals surface area contributed by atoms with Crippen LogP contribution < -0.4 is 4.74 Å². The normalized spacial score (nSPS) is 10.1. The Hall–Kier alpha value is -1.13. The summed E-state index contributed by atoms with van der Waals surface area (Å²) in [6.07, 6.45) is 0. The van der Waals surface area contributed by atoms with Gasteiger partial charge in [-0.3, -0.25) is 0 Å². The monoisotopic (exact) mass is 226 g/mol. The van der Waals surface area contributed by atoms with E-state index in [2.05, 4.69) is 10.2 Å². The fourth-order valence-electron chi connectivity index (χ4n) is 0.952. The van der Waals surface area contributed by atoms with Crippen molar-refractivity contribution in [3.05, 3.63) is 40.4 Å². The molecule has 0 radical (unpaired) electrons. The fraction of sp³-hybridized carbons (Fsp3) is 0.111. The topological polar surface area (TPSA) is 35.0 Å². The zero-order valence-electron chi connectivity index (χ0n) is 7.18. The number of hydrogen-bond donors (Lipinski definition) is 0. The second-order valence-corrected chi connectivity index (χ2v) is 3.85. The van der Waals surface area contributed by atoms with E-state index in [1.165, 1.54) is 11.3 Å². The summed E-state index contributed by atoms with van der Waals surface area (Å²) in [7, 11) is 0. The summed E-state index contributed by atoms with van der Waals surface area (Å²) in [6.45, 7) is 0.492. The third-order valence-corrected chi connectivity index (χ3v) is 2.47. The SMILES string of the molecule is Clc1ccc(COc2nncs2)cc1. The summed E-state index contributed by atoms with van der Waals surface area (Å²) < 4.78 is 5.37. The first-order chi connectivity index (χ1) is 6.84. The molecule has 0 N–H and O–H groups in total. The van der Waals surface area contributed by atoms with Gasteiger partial charge in [0.1, 0.15) is 12.1 Å². The van der Waals surface area contributed by atoms with Gasteiger partial charge in [-0.2, -0.15) is 0 Å². The molecule has 1 aromatic heterocycles. The summed E-state index contributed by atoms with van der Waals surface area (Å²) in [4.78, 5) is 0. The first-order valence-electron chi connectivity index (χ1n) is 3.98. The van der Waals surface area contributed by atoms with Gasteiger partial charge in [-0.1, -0.05) is 35.1 Å². The molecule has 3 nitrogen and oxygen atoms in total. The van der Waals surface area contributed by atoms with Crippen LogP contribution in [0.25, 0.3) is 0 Å². The first kappa shape index (κ1) is 9.43. The molecule has 0 atom stereocenters. The lowest BCUT2D eigenvalue weighted by Crippen LogP contribution is -1.94. The van der Waals surface area contributed by atoms with Crippen molar-refractivity contribution < 1.29 is 4.74 Å². The Balaban J connectivity index is 1.95. The van der Waals surface area contributed by atoms with Crippen molar-refractivity contribution in [2.24, 2.45) is 0 Å². The van der Waals surface area contributed by atoms with Crippen LogP contribution in [0.5, 0.6) is 5.19 Å². The average molecular weight is 227 g/mol. The average Bonchev–Trinajstić information content (AvgIpc) is 2.70. The molecule has 0 unspecified atom stereocenters. The van der Waals surface area contributed by atoms with E-state index in [0.717, 1.165) is 10.6 Å². The van der Waals surface area contributed by atoms with Gasteiger partial charge < -0.3 is 4.74 Å². The Bertz CT molecular complexity index is 388. The molecule has 0 saturated carbocycles. The molecule has 0 saturated heterocycles. The van der Waals surface area contributed by atoms with Crippen LogP contribution in [-0.4, -0.2) is 10.2 Å². The Morgan fingerprint density at radius 3 is 2.71 bits per heavy atom. The van der Waals surface area contributed by atoms with Gasteiger partial charge in [-0.05, 0) is 17.7 Å². The third kappa shape index (κ3) is 2.43. The zero-order valence-corrected chi connectivity index (χ0v) is 8.76. The number of benzene rings is 1. The Morgan fingerprint density at radius 2 is 2.07 bits per heavy atom. The summed E-state index contributed by atoms with van der Waals surface area (Å²) in [5.41, 5.74) is 2.70. The minimum absolute atomic E-state index is 0.492. The molecule has 1 aromatic carbocycles. The first-order valence-corrected chi connectivity index (χ1v) is 5.24. The lowest BCUT2D eigenvalue weighted by atomic mass is 10.2. The van der Waals surface area contributed by atoms with E-state index in [1.807, 2.05) is 24.3 Å². The van der Waals surface area contributed by atoms with Crippen LogP contribution in [-0.2, 0) is 6.61 Å². The van der Waals surface area contributed by atoms with Gasteiger partial charge >= 0.3 is 0 Å². The number of rotatable bonds is 3. The molecule has 0 aliphatic carbocycles. The standard InChI is InChI=1S/C9H7ClN2OS/c10-8-3-1-7(2-4-8)5-13-9-12-11-6-14-9/h1-4,6H,5H2. The molecule has 0 amide bonds. The lowest BCUT2D eigenvalue weighted by Gasteiger charge is -2.01. The van der Waals surface area contributed by atoms with Crippen molar-refractivity contribution in [1.82, 2.24) is 10.2 Å². The molecule has 0 aliphatic heterocycles. The van der Waals surface area contributed by atoms with Crippen LogP contribution in [0.15, 0.2) is 29.8 Å². The van der Waals surface area contributed by atoms with E-state index in [4.69, 9.17) is 16.3 Å². The van der Waals surface area contributed by atoms with Gasteiger partial charge in [0.05, 0.1) is 0 Å². The highest BCUT2D eigenvalue weighted by Gasteiger charge is 1.98. The van der Waals surface area contributed by atoms with Crippen molar-refractivity contribution in [3.8, 4) is 5.19 Å². The maximum Gasteiger partial charge on any atom is 0.294 e. The maximum atomic E-state index is 5.75. The third-order valence-electron chi connectivity index (χ3n) is 1.62. The molecule has 5 heteroatoms. The smallest absolute Gasteiger partial charge is 0.294 e. The van der Waals surface area contributed by atoms with Crippen molar-refractivity contribution in [3.63, 3.8) is 0 Å². The molecular weight excluding hydrogens is 220 g/mol. The second-order valence-electron chi connectivity index (χ2n) is 2.62. The molecular formula is C9H7ClN2OS. The van der Waals surface area contributed by atoms with Crippen LogP contribution in [0, 0.1) is 0 Å². The predicted octanol–water partition coefficient (Wildman–Crippen LogP) is 2.77. The van der Waals surface area contributed by atoms with Crippen molar-refractivity contribution in [2.45, 2.75) is 6.61 Å². The molecule has 1 heterocycles. The number of hydrogen-bond acceptors (Lipinski definition) is 4.